The van der Waals surface area contributed by atoms with Gasteiger partial charge < -0.3 is 5.11 Å². The van der Waals surface area contributed by atoms with E-state index in [1.165, 1.54) is 10.6 Å². The fraction of sp³-hybridized carbons (Fsp3) is 0.125. The number of halogens is 1. The van der Waals surface area contributed by atoms with Crippen molar-refractivity contribution < 1.29 is 9.50 Å². The van der Waals surface area contributed by atoms with Crippen molar-refractivity contribution in [3.05, 3.63) is 35.9 Å². The van der Waals surface area contributed by atoms with Gasteiger partial charge in [0.1, 0.15) is 0 Å². The summed E-state index contributed by atoms with van der Waals surface area (Å²) < 4.78 is 14.0. The van der Waals surface area contributed by atoms with E-state index < -0.39 is 5.95 Å². The number of fused-ring (bicyclic) bond motifs is 1. The Morgan fingerprint density at radius 2 is 2.33 bits per heavy atom. The lowest BCUT2D eigenvalue weighted by atomic mass is 10.2. The van der Waals surface area contributed by atoms with E-state index >= 15 is 0 Å². The minimum atomic E-state index is -0.509. The third-order valence-corrected chi connectivity index (χ3v) is 1.68. The molecule has 0 amide bonds. The Labute approximate surface area is 68.1 Å². The van der Waals surface area contributed by atoms with Crippen LogP contribution in [0.5, 0.6) is 0 Å². The van der Waals surface area contributed by atoms with Crippen molar-refractivity contribution in [1.82, 2.24) is 9.61 Å². The van der Waals surface area contributed by atoms with Crippen molar-refractivity contribution >= 4 is 5.52 Å². The highest BCUT2D eigenvalue weighted by Gasteiger charge is 1.99. The molecule has 0 atom stereocenters. The number of aliphatic hydroxyl groups is 1. The average Bonchev–Trinajstić information content (AvgIpc) is 2.43. The van der Waals surface area contributed by atoms with Crippen LogP contribution in [0.25, 0.3) is 5.52 Å². The molecule has 1 N–H and O–H groups in total. The fourth-order valence-electron chi connectivity index (χ4n) is 1.11. The number of hydrogen-bond acceptors (Lipinski definition) is 2. The first kappa shape index (κ1) is 7.24. The Hall–Kier alpha value is -1.42. The molecule has 62 valence electrons. The maximum Gasteiger partial charge on any atom is 0.233 e. The van der Waals surface area contributed by atoms with Crippen LogP contribution in [0.15, 0.2) is 24.4 Å². The molecule has 2 heterocycles. The van der Waals surface area contributed by atoms with Crippen LogP contribution in [0, 0.1) is 5.95 Å². The fourth-order valence-corrected chi connectivity index (χ4v) is 1.11. The molecule has 0 unspecified atom stereocenters. The number of rotatable bonds is 1. The van der Waals surface area contributed by atoms with E-state index in [9.17, 15) is 4.39 Å². The molecule has 2 rings (SSSR count). The number of aromatic nitrogens is 2. The van der Waals surface area contributed by atoms with Crippen molar-refractivity contribution in [2.75, 3.05) is 0 Å². The first-order valence-corrected chi connectivity index (χ1v) is 3.54. The molecule has 0 radical (unpaired) electrons. The summed E-state index contributed by atoms with van der Waals surface area (Å²) >= 11 is 0. The van der Waals surface area contributed by atoms with Crippen molar-refractivity contribution in [3.63, 3.8) is 0 Å². The van der Waals surface area contributed by atoms with Gasteiger partial charge in [-0.3, -0.25) is 0 Å². The summed E-state index contributed by atoms with van der Waals surface area (Å²) in [6, 6.07) is 4.70. The molecule has 0 aliphatic heterocycles. The lowest BCUT2D eigenvalue weighted by Crippen LogP contribution is -1.89. The second-order valence-electron chi connectivity index (χ2n) is 2.53. The lowest BCUT2D eigenvalue weighted by molar-refractivity contribution is 0.282. The molecule has 0 spiro atoms. The quantitative estimate of drug-likeness (QED) is 0.685. The number of aliphatic hydroxyl groups excluding tert-OH is 1. The van der Waals surface area contributed by atoms with E-state index in [1.54, 1.807) is 18.3 Å². The summed E-state index contributed by atoms with van der Waals surface area (Å²) in [7, 11) is 0. The highest BCUT2D eigenvalue weighted by atomic mass is 19.1. The van der Waals surface area contributed by atoms with Gasteiger partial charge in [0.15, 0.2) is 0 Å². The largest absolute Gasteiger partial charge is 0.392 e. The van der Waals surface area contributed by atoms with Gasteiger partial charge in [0.05, 0.1) is 12.1 Å². The molecule has 12 heavy (non-hydrogen) atoms. The molecular formula is C8H7FN2O. The Balaban J connectivity index is 2.66. The van der Waals surface area contributed by atoms with Gasteiger partial charge in [0, 0.05) is 12.3 Å². The average molecular weight is 166 g/mol. The first-order chi connectivity index (χ1) is 5.79. The van der Waals surface area contributed by atoms with E-state index in [4.69, 9.17) is 5.11 Å². The number of hydrogen-bond donors (Lipinski definition) is 1. The zero-order chi connectivity index (χ0) is 8.55. The predicted molar refractivity (Wildman–Crippen MR) is 41.1 cm³/mol. The molecular weight excluding hydrogens is 159 g/mol. The summed E-state index contributed by atoms with van der Waals surface area (Å²) in [5.74, 6) is -0.509. The third-order valence-electron chi connectivity index (χ3n) is 1.68. The normalized spacial score (nSPS) is 10.8. The summed E-state index contributed by atoms with van der Waals surface area (Å²) in [6.45, 7) is -0.0384. The van der Waals surface area contributed by atoms with Crippen LogP contribution in [0.3, 0.4) is 0 Å². The molecule has 0 aromatic carbocycles. The highest BCUT2D eigenvalue weighted by molar-refractivity contribution is 5.47. The van der Waals surface area contributed by atoms with Gasteiger partial charge in [-0.25, -0.2) is 4.52 Å². The summed E-state index contributed by atoms with van der Waals surface area (Å²) in [5.41, 5.74) is 1.40. The molecule has 0 bridgehead atoms. The number of pyridine rings is 1. The van der Waals surface area contributed by atoms with Crippen molar-refractivity contribution in [3.8, 4) is 0 Å². The maximum absolute atomic E-state index is 12.6. The Bertz CT molecular complexity index is 410. The summed E-state index contributed by atoms with van der Waals surface area (Å²) in [5, 5.41) is 12.3. The Morgan fingerprint density at radius 1 is 1.50 bits per heavy atom. The van der Waals surface area contributed by atoms with Crippen LogP contribution in [-0.2, 0) is 6.61 Å². The molecule has 0 saturated carbocycles. The number of nitrogens with zero attached hydrogens (tertiary/aromatic N) is 2. The van der Waals surface area contributed by atoms with Gasteiger partial charge in [-0.2, -0.15) is 4.39 Å². The predicted octanol–water partition coefficient (Wildman–Crippen LogP) is 0.966. The minimum Gasteiger partial charge on any atom is -0.392 e. The van der Waals surface area contributed by atoms with Crippen LogP contribution < -0.4 is 0 Å². The van der Waals surface area contributed by atoms with E-state index in [0.717, 1.165) is 5.56 Å². The topological polar surface area (TPSA) is 37.5 Å². The summed E-state index contributed by atoms with van der Waals surface area (Å²) in [6.07, 6.45) is 1.62. The van der Waals surface area contributed by atoms with Crippen molar-refractivity contribution in [2.45, 2.75) is 6.61 Å². The molecule has 0 saturated heterocycles. The molecule has 0 aliphatic rings. The van der Waals surface area contributed by atoms with Gasteiger partial charge in [-0.05, 0) is 17.7 Å². The van der Waals surface area contributed by atoms with E-state index in [0.29, 0.717) is 5.52 Å². The van der Waals surface area contributed by atoms with Crippen LogP contribution in [-0.4, -0.2) is 14.7 Å². The minimum absolute atomic E-state index is 0.0384. The SMILES string of the molecule is OCc1ccn2nc(F)cc2c1. The van der Waals surface area contributed by atoms with Gasteiger partial charge in [-0.1, -0.05) is 0 Å². The van der Waals surface area contributed by atoms with E-state index in [2.05, 4.69) is 5.10 Å². The third kappa shape index (κ3) is 1.06. The molecule has 0 aliphatic carbocycles. The van der Waals surface area contributed by atoms with Crippen LogP contribution in [0.2, 0.25) is 0 Å². The second kappa shape index (κ2) is 2.57. The van der Waals surface area contributed by atoms with Gasteiger partial charge in [-0.15, -0.1) is 5.10 Å². The Morgan fingerprint density at radius 3 is 3.08 bits per heavy atom. The summed E-state index contributed by atoms with van der Waals surface area (Å²) in [4.78, 5) is 0. The Kier molecular flexibility index (Phi) is 1.55. The van der Waals surface area contributed by atoms with Crippen molar-refractivity contribution in [2.24, 2.45) is 0 Å². The lowest BCUT2D eigenvalue weighted by Gasteiger charge is -1.95. The zero-order valence-corrected chi connectivity index (χ0v) is 6.24. The molecule has 2 aromatic rings. The smallest absolute Gasteiger partial charge is 0.233 e. The molecule has 2 aromatic heterocycles. The first-order valence-electron chi connectivity index (χ1n) is 3.54. The molecule has 4 heteroatoms. The monoisotopic (exact) mass is 166 g/mol. The van der Waals surface area contributed by atoms with Crippen LogP contribution in [0.4, 0.5) is 4.39 Å². The maximum atomic E-state index is 12.6. The van der Waals surface area contributed by atoms with Crippen LogP contribution >= 0.6 is 0 Å². The van der Waals surface area contributed by atoms with Crippen molar-refractivity contribution in [1.29, 1.82) is 0 Å². The zero-order valence-electron chi connectivity index (χ0n) is 6.24. The van der Waals surface area contributed by atoms with Gasteiger partial charge in [0.2, 0.25) is 5.95 Å². The molecule has 0 fully saturated rings. The second-order valence-corrected chi connectivity index (χ2v) is 2.53. The van der Waals surface area contributed by atoms with Gasteiger partial charge >= 0.3 is 0 Å². The van der Waals surface area contributed by atoms with Crippen LogP contribution in [0.1, 0.15) is 5.56 Å². The van der Waals surface area contributed by atoms with E-state index in [-0.39, 0.29) is 6.61 Å². The molecule has 3 nitrogen and oxygen atoms in total. The standard InChI is InChI=1S/C8H7FN2O/c9-8-4-7-3-6(5-12)1-2-11(7)10-8/h1-4,12H,5H2. The highest BCUT2D eigenvalue weighted by Crippen LogP contribution is 2.08. The van der Waals surface area contributed by atoms with E-state index in [1.807, 2.05) is 0 Å². The van der Waals surface area contributed by atoms with Gasteiger partial charge in [0.25, 0.3) is 0 Å².